The number of nitrogens with one attached hydrogen (secondary N) is 1. The number of nitrogens with zero attached hydrogens (tertiary/aromatic N) is 1. The number of carbonyl (C=O) groups excluding carboxylic acids is 1. The molecular formula is C12H23BrN2O. The SMILES string of the molecule is CC1CCCC(CNC(=O)CBr)(N(C)C)C1. The first-order valence-corrected chi connectivity index (χ1v) is 7.12. The number of carbonyl (C=O) groups is 1. The van der Waals surface area contributed by atoms with Crippen LogP contribution in [0.4, 0.5) is 0 Å². The van der Waals surface area contributed by atoms with E-state index in [0.717, 1.165) is 12.5 Å². The van der Waals surface area contributed by atoms with Crippen molar-refractivity contribution in [3.8, 4) is 0 Å². The molecule has 0 aromatic heterocycles. The molecule has 1 saturated carbocycles. The van der Waals surface area contributed by atoms with Crippen LogP contribution >= 0.6 is 15.9 Å². The van der Waals surface area contributed by atoms with Crippen LogP contribution in [0.15, 0.2) is 0 Å². The summed E-state index contributed by atoms with van der Waals surface area (Å²) in [5, 5.41) is 3.41. The normalized spacial score (nSPS) is 30.4. The van der Waals surface area contributed by atoms with Gasteiger partial charge in [-0.3, -0.25) is 4.79 Å². The van der Waals surface area contributed by atoms with E-state index in [2.05, 4.69) is 47.2 Å². The molecule has 1 amide bonds. The summed E-state index contributed by atoms with van der Waals surface area (Å²) in [6.45, 7) is 3.08. The van der Waals surface area contributed by atoms with Crippen LogP contribution in [0.25, 0.3) is 0 Å². The second-order valence-electron chi connectivity index (χ2n) is 5.23. The fraction of sp³-hybridized carbons (Fsp3) is 0.917. The van der Waals surface area contributed by atoms with Gasteiger partial charge in [-0.15, -0.1) is 0 Å². The van der Waals surface area contributed by atoms with Gasteiger partial charge in [0, 0.05) is 12.1 Å². The Bertz CT molecular complexity index is 245. The van der Waals surface area contributed by atoms with Gasteiger partial charge >= 0.3 is 0 Å². The van der Waals surface area contributed by atoms with E-state index in [1.54, 1.807) is 0 Å². The largest absolute Gasteiger partial charge is 0.354 e. The molecule has 0 spiro atoms. The van der Waals surface area contributed by atoms with Crippen LogP contribution in [-0.2, 0) is 4.79 Å². The molecule has 1 N–H and O–H groups in total. The van der Waals surface area contributed by atoms with Crippen molar-refractivity contribution in [1.29, 1.82) is 0 Å². The third kappa shape index (κ3) is 3.45. The molecule has 0 heterocycles. The lowest BCUT2D eigenvalue weighted by Crippen LogP contribution is -2.55. The lowest BCUT2D eigenvalue weighted by molar-refractivity contribution is -0.119. The molecule has 0 aromatic carbocycles. The topological polar surface area (TPSA) is 32.3 Å². The molecule has 3 nitrogen and oxygen atoms in total. The van der Waals surface area contributed by atoms with Crippen LogP contribution in [0.1, 0.15) is 32.6 Å². The van der Waals surface area contributed by atoms with Gasteiger partial charge < -0.3 is 10.2 Å². The fourth-order valence-corrected chi connectivity index (χ4v) is 2.87. The summed E-state index contributed by atoms with van der Waals surface area (Å²) in [5.41, 5.74) is 0.162. The van der Waals surface area contributed by atoms with Gasteiger partial charge in [0.2, 0.25) is 5.91 Å². The first kappa shape index (κ1) is 14.0. The van der Waals surface area contributed by atoms with Gasteiger partial charge in [0.1, 0.15) is 0 Å². The smallest absolute Gasteiger partial charge is 0.230 e. The summed E-state index contributed by atoms with van der Waals surface area (Å²) in [5.74, 6) is 0.844. The summed E-state index contributed by atoms with van der Waals surface area (Å²) in [7, 11) is 4.25. The Hall–Kier alpha value is -0.0900. The molecule has 16 heavy (non-hydrogen) atoms. The first-order valence-electron chi connectivity index (χ1n) is 6.00. The predicted molar refractivity (Wildman–Crippen MR) is 70.9 cm³/mol. The third-order valence-electron chi connectivity index (χ3n) is 3.75. The number of likely N-dealkylation sites (N-methyl/N-ethyl adjacent to an activating group) is 1. The van der Waals surface area contributed by atoms with Gasteiger partial charge in [-0.25, -0.2) is 0 Å². The van der Waals surface area contributed by atoms with Gasteiger partial charge in [-0.1, -0.05) is 35.7 Å². The van der Waals surface area contributed by atoms with Crippen LogP contribution in [0, 0.1) is 5.92 Å². The molecule has 0 aromatic rings. The number of halogens is 1. The van der Waals surface area contributed by atoms with E-state index in [1.165, 1.54) is 25.7 Å². The number of rotatable bonds is 4. The van der Waals surface area contributed by atoms with E-state index in [9.17, 15) is 4.79 Å². The molecule has 2 unspecified atom stereocenters. The van der Waals surface area contributed by atoms with Gasteiger partial charge in [0.25, 0.3) is 0 Å². The van der Waals surface area contributed by atoms with Crippen LogP contribution in [-0.4, -0.2) is 42.3 Å². The summed E-state index contributed by atoms with van der Waals surface area (Å²) in [4.78, 5) is 13.6. The highest BCUT2D eigenvalue weighted by Crippen LogP contribution is 2.35. The molecule has 2 atom stereocenters. The minimum Gasteiger partial charge on any atom is -0.354 e. The van der Waals surface area contributed by atoms with E-state index in [0.29, 0.717) is 5.33 Å². The molecule has 94 valence electrons. The van der Waals surface area contributed by atoms with Gasteiger partial charge in [0.15, 0.2) is 0 Å². The van der Waals surface area contributed by atoms with E-state index < -0.39 is 0 Å². The van der Waals surface area contributed by atoms with Crippen molar-refractivity contribution in [3.63, 3.8) is 0 Å². The average molecular weight is 291 g/mol. The number of hydrogen-bond donors (Lipinski definition) is 1. The standard InChI is InChI=1S/C12H23BrN2O/c1-10-5-4-6-12(7-10,15(2)3)9-14-11(16)8-13/h10H,4-9H2,1-3H3,(H,14,16). The van der Waals surface area contributed by atoms with Crippen molar-refractivity contribution < 1.29 is 4.79 Å². The molecule has 0 radical (unpaired) electrons. The van der Waals surface area contributed by atoms with Crippen LogP contribution in [0.3, 0.4) is 0 Å². The second kappa shape index (κ2) is 6.01. The Morgan fingerprint density at radius 1 is 1.56 bits per heavy atom. The van der Waals surface area contributed by atoms with E-state index in [1.807, 2.05) is 0 Å². The molecule has 0 aliphatic heterocycles. The van der Waals surface area contributed by atoms with Gasteiger partial charge in [0.05, 0.1) is 5.33 Å². The van der Waals surface area contributed by atoms with E-state index >= 15 is 0 Å². The molecule has 0 saturated heterocycles. The zero-order chi connectivity index (χ0) is 12.2. The van der Waals surface area contributed by atoms with E-state index in [-0.39, 0.29) is 11.4 Å². The highest BCUT2D eigenvalue weighted by Gasteiger charge is 2.36. The number of alkyl halides is 1. The molecular weight excluding hydrogens is 268 g/mol. The second-order valence-corrected chi connectivity index (χ2v) is 5.79. The average Bonchev–Trinajstić information content (AvgIpc) is 2.25. The summed E-state index contributed by atoms with van der Waals surface area (Å²) < 4.78 is 0. The molecule has 0 bridgehead atoms. The minimum absolute atomic E-state index is 0.0828. The molecule has 1 aliphatic rings. The van der Waals surface area contributed by atoms with Crippen molar-refractivity contribution >= 4 is 21.8 Å². The Morgan fingerprint density at radius 2 is 2.25 bits per heavy atom. The van der Waals surface area contributed by atoms with Crippen LogP contribution in [0.5, 0.6) is 0 Å². The molecule has 1 aliphatic carbocycles. The third-order valence-corrected chi connectivity index (χ3v) is 4.26. The molecule has 1 rings (SSSR count). The summed E-state index contributed by atoms with van der Waals surface area (Å²) in [6, 6.07) is 0. The van der Waals surface area contributed by atoms with Crippen molar-refractivity contribution in [3.05, 3.63) is 0 Å². The first-order chi connectivity index (χ1) is 7.50. The number of hydrogen-bond acceptors (Lipinski definition) is 2. The Balaban J connectivity index is 2.61. The Labute approximate surface area is 107 Å². The van der Waals surface area contributed by atoms with Gasteiger partial charge in [-0.05, 0) is 32.9 Å². The van der Waals surface area contributed by atoms with Crippen molar-refractivity contribution in [1.82, 2.24) is 10.2 Å². The lowest BCUT2D eigenvalue weighted by Gasteiger charge is -2.45. The predicted octanol–water partition coefficient (Wildman–Crippen LogP) is 2.01. The maximum absolute atomic E-state index is 11.3. The zero-order valence-electron chi connectivity index (χ0n) is 10.6. The van der Waals surface area contributed by atoms with Crippen molar-refractivity contribution in [2.75, 3.05) is 26.0 Å². The van der Waals surface area contributed by atoms with Crippen molar-refractivity contribution in [2.45, 2.75) is 38.1 Å². The quantitative estimate of drug-likeness (QED) is 0.804. The summed E-state index contributed by atoms with van der Waals surface area (Å²) >= 11 is 3.18. The minimum atomic E-state index is 0.0828. The van der Waals surface area contributed by atoms with Crippen LogP contribution in [0.2, 0.25) is 0 Å². The molecule has 4 heteroatoms. The number of amides is 1. The fourth-order valence-electron chi connectivity index (χ4n) is 2.67. The van der Waals surface area contributed by atoms with E-state index in [4.69, 9.17) is 0 Å². The Kier molecular flexibility index (Phi) is 5.25. The zero-order valence-corrected chi connectivity index (χ0v) is 12.1. The monoisotopic (exact) mass is 290 g/mol. The summed E-state index contributed by atoms with van der Waals surface area (Å²) in [6.07, 6.45) is 4.96. The van der Waals surface area contributed by atoms with Crippen LogP contribution < -0.4 is 5.32 Å². The maximum atomic E-state index is 11.3. The highest BCUT2D eigenvalue weighted by molar-refractivity contribution is 9.09. The highest BCUT2D eigenvalue weighted by atomic mass is 79.9. The van der Waals surface area contributed by atoms with Crippen molar-refractivity contribution in [2.24, 2.45) is 5.92 Å². The van der Waals surface area contributed by atoms with Gasteiger partial charge in [-0.2, -0.15) is 0 Å². The molecule has 1 fully saturated rings. The maximum Gasteiger partial charge on any atom is 0.230 e. The lowest BCUT2D eigenvalue weighted by atomic mass is 9.75. The Morgan fingerprint density at radius 3 is 2.75 bits per heavy atom.